The van der Waals surface area contributed by atoms with Crippen LogP contribution in [0, 0.1) is 5.92 Å². The quantitative estimate of drug-likeness (QED) is 0.762. The summed E-state index contributed by atoms with van der Waals surface area (Å²) in [7, 11) is 1.60. The van der Waals surface area contributed by atoms with Crippen LogP contribution in [0.3, 0.4) is 0 Å². The van der Waals surface area contributed by atoms with Gasteiger partial charge in [0.15, 0.2) is 5.78 Å². The van der Waals surface area contributed by atoms with Gasteiger partial charge in [-0.2, -0.15) is 0 Å². The molecule has 0 radical (unpaired) electrons. The molecule has 1 aromatic rings. The first-order chi connectivity index (χ1) is 9.20. The minimum Gasteiger partial charge on any atom is -0.497 e. The van der Waals surface area contributed by atoms with Gasteiger partial charge in [0, 0.05) is 24.3 Å². The van der Waals surface area contributed by atoms with E-state index in [1.54, 1.807) is 31.4 Å². The van der Waals surface area contributed by atoms with Gasteiger partial charge in [0.25, 0.3) is 0 Å². The Hall–Kier alpha value is -1.64. The van der Waals surface area contributed by atoms with Crippen LogP contribution in [0.4, 0.5) is 0 Å². The van der Waals surface area contributed by atoms with Crippen LogP contribution >= 0.6 is 0 Å². The van der Waals surface area contributed by atoms with E-state index in [0.29, 0.717) is 30.6 Å². The summed E-state index contributed by atoms with van der Waals surface area (Å²) in [6.45, 7) is 0. The normalized spacial score (nSPS) is 19.2. The second-order valence-electron chi connectivity index (χ2n) is 5.10. The molecule has 19 heavy (non-hydrogen) atoms. The first-order valence-corrected chi connectivity index (χ1v) is 6.90. The summed E-state index contributed by atoms with van der Waals surface area (Å²) in [6.07, 6.45) is 4.94. The maximum Gasteiger partial charge on any atom is 0.162 e. The van der Waals surface area contributed by atoms with E-state index in [9.17, 15) is 9.59 Å². The standard InChI is InChI=1S/C16H20O3/c1-19-14-9-6-13(7-10-14)16(18)11-8-12-4-2-3-5-15(12)17/h6-7,9-10,12H,2-5,8,11H2,1H3/t12-/m0/s1. The second-order valence-corrected chi connectivity index (χ2v) is 5.10. The van der Waals surface area contributed by atoms with E-state index in [4.69, 9.17) is 4.74 Å². The van der Waals surface area contributed by atoms with Crippen molar-refractivity contribution in [2.24, 2.45) is 5.92 Å². The van der Waals surface area contributed by atoms with Crippen LogP contribution in [0.15, 0.2) is 24.3 Å². The van der Waals surface area contributed by atoms with Crippen molar-refractivity contribution in [1.29, 1.82) is 0 Å². The van der Waals surface area contributed by atoms with Gasteiger partial charge >= 0.3 is 0 Å². The maximum absolute atomic E-state index is 12.0. The molecular weight excluding hydrogens is 240 g/mol. The van der Waals surface area contributed by atoms with Crippen LogP contribution in [0.5, 0.6) is 5.75 Å². The van der Waals surface area contributed by atoms with Crippen LogP contribution in [0.25, 0.3) is 0 Å². The van der Waals surface area contributed by atoms with Crippen LogP contribution < -0.4 is 4.74 Å². The van der Waals surface area contributed by atoms with Crippen molar-refractivity contribution in [3.63, 3.8) is 0 Å². The van der Waals surface area contributed by atoms with Gasteiger partial charge in [0.1, 0.15) is 11.5 Å². The van der Waals surface area contributed by atoms with Crippen LogP contribution in [-0.2, 0) is 4.79 Å². The summed E-state index contributed by atoms with van der Waals surface area (Å²) in [5, 5.41) is 0. The van der Waals surface area contributed by atoms with Gasteiger partial charge in [-0.25, -0.2) is 0 Å². The molecule has 0 aromatic heterocycles. The Morgan fingerprint density at radius 1 is 1.26 bits per heavy atom. The third kappa shape index (κ3) is 3.66. The average Bonchev–Trinajstić information content (AvgIpc) is 2.46. The number of carbonyl (C=O) groups is 2. The van der Waals surface area contributed by atoms with Crippen molar-refractivity contribution in [1.82, 2.24) is 0 Å². The zero-order valence-electron chi connectivity index (χ0n) is 11.4. The molecule has 0 heterocycles. The largest absolute Gasteiger partial charge is 0.497 e. The predicted octanol–water partition coefficient (Wildman–Crippen LogP) is 3.42. The molecule has 2 rings (SSSR count). The van der Waals surface area contributed by atoms with Crippen molar-refractivity contribution < 1.29 is 14.3 Å². The van der Waals surface area contributed by atoms with E-state index in [1.807, 2.05) is 0 Å². The molecule has 1 aliphatic carbocycles. The van der Waals surface area contributed by atoms with E-state index in [-0.39, 0.29) is 11.7 Å². The lowest BCUT2D eigenvalue weighted by Gasteiger charge is -2.19. The summed E-state index contributed by atoms with van der Waals surface area (Å²) in [5.41, 5.74) is 0.698. The predicted molar refractivity (Wildman–Crippen MR) is 73.5 cm³/mol. The highest BCUT2D eigenvalue weighted by Crippen LogP contribution is 2.25. The van der Waals surface area contributed by atoms with E-state index in [0.717, 1.165) is 25.0 Å². The first kappa shape index (κ1) is 13.8. The number of hydrogen-bond acceptors (Lipinski definition) is 3. The Morgan fingerprint density at radius 3 is 2.63 bits per heavy atom. The van der Waals surface area contributed by atoms with E-state index < -0.39 is 0 Å². The SMILES string of the molecule is COc1ccc(C(=O)CC[C@@H]2CCCCC2=O)cc1. The molecule has 0 amide bonds. The molecule has 102 valence electrons. The highest BCUT2D eigenvalue weighted by Gasteiger charge is 2.22. The number of rotatable bonds is 5. The van der Waals surface area contributed by atoms with Gasteiger partial charge in [-0.15, -0.1) is 0 Å². The third-order valence-corrected chi connectivity index (χ3v) is 3.81. The van der Waals surface area contributed by atoms with Crippen molar-refractivity contribution in [3.8, 4) is 5.75 Å². The Balaban J connectivity index is 1.87. The molecule has 1 atom stereocenters. The minimum absolute atomic E-state index is 0.107. The fourth-order valence-corrected chi connectivity index (χ4v) is 2.59. The van der Waals surface area contributed by atoms with Crippen LogP contribution in [0.2, 0.25) is 0 Å². The van der Waals surface area contributed by atoms with Gasteiger partial charge in [0.05, 0.1) is 7.11 Å². The van der Waals surface area contributed by atoms with Gasteiger partial charge in [0.2, 0.25) is 0 Å². The molecule has 0 unspecified atom stereocenters. The summed E-state index contributed by atoms with van der Waals surface area (Å²) < 4.78 is 5.06. The molecule has 0 saturated heterocycles. The summed E-state index contributed by atoms with van der Waals surface area (Å²) in [6, 6.07) is 7.14. The Labute approximate surface area is 114 Å². The lowest BCUT2D eigenvalue weighted by molar-refractivity contribution is -0.124. The number of hydrogen-bond donors (Lipinski definition) is 0. The number of ether oxygens (including phenoxy) is 1. The van der Waals surface area contributed by atoms with E-state index >= 15 is 0 Å². The Bertz CT molecular complexity index is 448. The number of ketones is 2. The number of carbonyl (C=O) groups excluding carboxylic acids is 2. The minimum atomic E-state index is 0.107. The fourth-order valence-electron chi connectivity index (χ4n) is 2.59. The molecule has 1 saturated carbocycles. The van der Waals surface area contributed by atoms with Gasteiger partial charge in [-0.05, 0) is 43.5 Å². The summed E-state index contributed by atoms with van der Waals surface area (Å²) in [4.78, 5) is 23.7. The third-order valence-electron chi connectivity index (χ3n) is 3.81. The molecule has 0 bridgehead atoms. The number of Topliss-reactive ketones (excluding diaryl/α,β-unsaturated/α-hetero) is 2. The van der Waals surface area contributed by atoms with Gasteiger partial charge < -0.3 is 4.74 Å². The van der Waals surface area contributed by atoms with Crippen molar-refractivity contribution >= 4 is 11.6 Å². The van der Waals surface area contributed by atoms with Crippen molar-refractivity contribution in [2.75, 3.05) is 7.11 Å². The number of benzene rings is 1. The van der Waals surface area contributed by atoms with Crippen LogP contribution in [0.1, 0.15) is 48.9 Å². The lowest BCUT2D eigenvalue weighted by atomic mass is 9.84. The van der Waals surface area contributed by atoms with Gasteiger partial charge in [-0.3, -0.25) is 9.59 Å². The zero-order valence-corrected chi connectivity index (χ0v) is 11.4. The van der Waals surface area contributed by atoms with Crippen LogP contribution in [-0.4, -0.2) is 18.7 Å². The molecular formula is C16H20O3. The van der Waals surface area contributed by atoms with Crippen molar-refractivity contribution in [3.05, 3.63) is 29.8 Å². The zero-order chi connectivity index (χ0) is 13.7. The second kappa shape index (κ2) is 6.50. The Morgan fingerprint density at radius 2 is 2.00 bits per heavy atom. The fraction of sp³-hybridized carbons (Fsp3) is 0.500. The molecule has 1 aromatic carbocycles. The Kier molecular flexibility index (Phi) is 4.72. The molecule has 0 N–H and O–H groups in total. The average molecular weight is 260 g/mol. The highest BCUT2D eigenvalue weighted by atomic mass is 16.5. The smallest absolute Gasteiger partial charge is 0.162 e. The topological polar surface area (TPSA) is 43.4 Å². The van der Waals surface area contributed by atoms with Gasteiger partial charge in [-0.1, -0.05) is 6.42 Å². The molecule has 0 aliphatic heterocycles. The van der Waals surface area contributed by atoms with E-state index in [2.05, 4.69) is 0 Å². The van der Waals surface area contributed by atoms with Crippen molar-refractivity contribution in [2.45, 2.75) is 38.5 Å². The highest BCUT2D eigenvalue weighted by molar-refractivity contribution is 5.96. The molecule has 3 nitrogen and oxygen atoms in total. The molecule has 0 spiro atoms. The molecule has 1 aliphatic rings. The molecule has 1 fully saturated rings. The number of methoxy groups -OCH3 is 1. The monoisotopic (exact) mass is 260 g/mol. The lowest BCUT2D eigenvalue weighted by Crippen LogP contribution is -2.19. The maximum atomic E-state index is 12.0. The first-order valence-electron chi connectivity index (χ1n) is 6.90. The van der Waals surface area contributed by atoms with E-state index in [1.165, 1.54) is 0 Å². The summed E-state index contributed by atoms with van der Waals surface area (Å²) >= 11 is 0. The molecule has 3 heteroatoms. The summed E-state index contributed by atoms with van der Waals surface area (Å²) in [5.74, 6) is 1.31.